The fraction of sp³-hybridized carbons (Fsp3) is 0.638. The van der Waals surface area contributed by atoms with E-state index in [-0.39, 0.29) is 66.0 Å². The number of rotatable bonds is 12. The number of hydrogen-bond donors (Lipinski definition) is 3. The van der Waals surface area contributed by atoms with Crippen molar-refractivity contribution >= 4 is 70.6 Å². The Morgan fingerprint density at radius 3 is 2.46 bits per heavy atom. The van der Waals surface area contributed by atoms with Gasteiger partial charge in [-0.15, -0.1) is 11.8 Å². The number of fused-ring (bicyclic) bond motifs is 5. The van der Waals surface area contributed by atoms with E-state index in [0.29, 0.717) is 50.1 Å². The van der Waals surface area contributed by atoms with Crippen LogP contribution in [0.5, 0.6) is 5.75 Å². The van der Waals surface area contributed by atoms with Crippen LogP contribution in [-0.4, -0.2) is 144 Å². The van der Waals surface area contributed by atoms with Crippen LogP contribution in [0, 0.1) is 17.8 Å². The first-order chi connectivity index (χ1) is 31.6. The van der Waals surface area contributed by atoms with Gasteiger partial charge in [-0.05, 0) is 76.5 Å². The van der Waals surface area contributed by atoms with Crippen molar-refractivity contribution in [1.82, 2.24) is 15.1 Å². The molecule has 9 atom stereocenters. The standard InChI is InChI=1S/C47H64ClN5O13S/c1-25-10-9-11-35(63-8)47(61)23-33(64-45(60)50-47)26(2)41-46(4,66-41)36(22-38(55)52(6)31-19-29(18-25)20-32(62-7)40(31)48)65-44(59)27(3)51(5)37(54)16-17-67-34-21-39(56)53(43(34)58)24-28-12-14-30(15-13-28)42(49)57/h9-11,19-20,26-28,30,33-36,41,61H,12-18,21-24H2,1-8H3,(H2,49,57)(H,50,60)/b11-9-,25-10-/t26-,27+,28?,30?,33+,34?,35-,36+,41+,46-,47+/m1/s1. The van der Waals surface area contributed by atoms with Crippen molar-refractivity contribution in [2.24, 2.45) is 23.5 Å². The second-order valence-corrected chi connectivity index (χ2v) is 20.4. The number of carbonyl (C=O) groups excluding carboxylic acids is 7. The first-order valence-electron chi connectivity index (χ1n) is 22.7. The molecule has 5 aliphatic rings. The zero-order chi connectivity index (χ0) is 49.1. The number of anilines is 1. The minimum absolute atomic E-state index is 0.0246. The number of hydrogen-bond acceptors (Lipinski definition) is 14. The highest BCUT2D eigenvalue weighted by atomic mass is 35.5. The van der Waals surface area contributed by atoms with E-state index < -0.39 is 76.8 Å². The molecule has 20 heteroatoms. The highest BCUT2D eigenvalue weighted by Crippen LogP contribution is 2.49. The smallest absolute Gasteiger partial charge is 0.409 e. The van der Waals surface area contributed by atoms with Crippen LogP contribution in [0.2, 0.25) is 5.02 Å². The van der Waals surface area contributed by atoms with Gasteiger partial charge in [0.15, 0.2) is 5.72 Å². The number of amides is 6. The Bertz CT molecular complexity index is 2170. The van der Waals surface area contributed by atoms with Crippen molar-refractivity contribution in [1.29, 1.82) is 0 Å². The van der Waals surface area contributed by atoms with Crippen LogP contribution in [0.3, 0.4) is 0 Å². The van der Waals surface area contributed by atoms with Gasteiger partial charge in [0.2, 0.25) is 29.5 Å². The van der Waals surface area contributed by atoms with Crippen LogP contribution in [0.25, 0.3) is 0 Å². The van der Waals surface area contributed by atoms with E-state index in [0.717, 1.165) is 11.1 Å². The minimum atomic E-state index is -1.87. The summed E-state index contributed by atoms with van der Waals surface area (Å²) in [5.74, 6) is -2.71. The molecule has 0 spiro atoms. The first kappa shape index (κ1) is 51.7. The summed E-state index contributed by atoms with van der Waals surface area (Å²) in [5.41, 5.74) is 4.31. The number of aliphatic hydroxyl groups is 1. The fourth-order valence-corrected chi connectivity index (χ4v) is 11.0. The number of nitrogens with two attached hydrogens (primary N) is 1. The zero-order valence-corrected chi connectivity index (χ0v) is 41.0. The second-order valence-electron chi connectivity index (χ2n) is 18.7. The molecule has 1 saturated carbocycles. The third kappa shape index (κ3) is 11.6. The van der Waals surface area contributed by atoms with Gasteiger partial charge in [-0.3, -0.25) is 34.2 Å². The number of likely N-dealkylation sites (tertiary alicyclic amines) is 1. The summed E-state index contributed by atoms with van der Waals surface area (Å²) >= 11 is 8.02. The minimum Gasteiger partial charge on any atom is -0.495 e. The molecule has 4 N–H and O–H groups in total. The fourth-order valence-electron chi connectivity index (χ4n) is 9.55. The predicted molar refractivity (Wildman–Crippen MR) is 248 cm³/mol. The lowest BCUT2D eigenvalue weighted by molar-refractivity contribution is -0.162. The average Bonchev–Trinajstić information content (AvgIpc) is 3.91. The van der Waals surface area contributed by atoms with Gasteiger partial charge in [0, 0.05) is 64.6 Å². The molecule has 1 aliphatic carbocycles. The summed E-state index contributed by atoms with van der Waals surface area (Å²) in [4.78, 5) is 96.5. The number of nitrogens with zero attached hydrogens (tertiary/aromatic N) is 3. The molecule has 4 heterocycles. The van der Waals surface area contributed by atoms with E-state index in [1.165, 1.54) is 54.7 Å². The molecule has 3 saturated heterocycles. The van der Waals surface area contributed by atoms with Crippen LogP contribution in [0.1, 0.15) is 84.6 Å². The number of primary amides is 1. The monoisotopic (exact) mass is 973 g/mol. The zero-order valence-electron chi connectivity index (χ0n) is 39.4. The summed E-state index contributed by atoms with van der Waals surface area (Å²) in [6.45, 7) is 7.16. The number of carbonyl (C=O) groups is 7. The molecule has 1 unspecified atom stereocenters. The molecule has 6 rings (SSSR count). The Labute approximate surface area is 400 Å². The quantitative estimate of drug-likeness (QED) is 0.152. The maximum absolute atomic E-state index is 14.3. The number of imide groups is 1. The van der Waals surface area contributed by atoms with Crippen LogP contribution >= 0.6 is 23.4 Å². The number of likely N-dealkylation sites (N-methyl/N-ethyl adjacent to an activating group) is 1. The molecule has 4 bridgehead atoms. The third-order valence-electron chi connectivity index (χ3n) is 14.1. The molecule has 67 heavy (non-hydrogen) atoms. The lowest BCUT2D eigenvalue weighted by atomic mass is 9.81. The maximum Gasteiger partial charge on any atom is 0.409 e. The van der Waals surface area contributed by atoms with Crippen molar-refractivity contribution in [3.05, 3.63) is 46.5 Å². The van der Waals surface area contributed by atoms with Crippen molar-refractivity contribution < 1.29 is 62.4 Å². The van der Waals surface area contributed by atoms with Gasteiger partial charge < -0.3 is 44.3 Å². The van der Waals surface area contributed by atoms with Crippen LogP contribution in [0.15, 0.2) is 35.9 Å². The molecule has 1 aromatic carbocycles. The lowest BCUT2D eigenvalue weighted by Gasteiger charge is -2.42. The van der Waals surface area contributed by atoms with Gasteiger partial charge in [-0.25, -0.2) is 9.59 Å². The van der Waals surface area contributed by atoms with Gasteiger partial charge in [0.25, 0.3) is 0 Å². The van der Waals surface area contributed by atoms with Gasteiger partial charge in [-0.2, -0.15) is 0 Å². The number of halogens is 1. The lowest BCUT2D eigenvalue weighted by Crippen LogP contribution is -2.63. The van der Waals surface area contributed by atoms with Crippen molar-refractivity contribution in [3.63, 3.8) is 0 Å². The molecule has 6 amide bonds. The number of epoxide rings is 1. The Balaban J connectivity index is 1.16. The topological polar surface area (TPSA) is 237 Å². The molecule has 18 nitrogen and oxygen atoms in total. The Morgan fingerprint density at radius 1 is 1.10 bits per heavy atom. The second kappa shape index (κ2) is 21.3. The molecule has 0 radical (unpaired) electrons. The number of alkyl carbamates (subject to hydrolysis) is 1. The van der Waals surface area contributed by atoms with Gasteiger partial charge in [-0.1, -0.05) is 42.3 Å². The molecular weight excluding hydrogens is 910 g/mol. The van der Waals surface area contributed by atoms with Crippen LogP contribution < -0.4 is 20.7 Å². The summed E-state index contributed by atoms with van der Waals surface area (Å²) in [7, 11) is 5.89. The maximum atomic E-state index is 14.3. The largest absolute Gasteiger partial charge is 0.495 e. The number of allylic oxidation sites excluding steroid dienone is 3. The Morgan fingerprint density at radius 2 is 1.81 bits per heavy atom. The summed E-state index contributed by atoms with van der Waals surface area (Å²) in [6.07, 6.45) is 3.11. The number of esters is 1. The molecule has 368 valence electrons. The van der Waals surface area contributed by atoms with Gasteiger partial charge in [0.1, 0.15) is 40.7 Å². The average molecular weight is 975 g/mol. The number of thioether (sulfide) groups is 1. The van der Waals surface area contributed by atoms with Crippen LogP contribution in [-0.2, 0) is 54.1 Å². The molecular formula is C47H64ClN5O13S. The highest BCUT2D eigenvalue weighted by molar-refractivity contribution is 8.00. The van der Waals surface area contributed by atoms with Crippen molar-refractivity contribution in [3.8, 4) is 5.75 Å². The van der Waals surface area contributed by atoms with Gasteiger partial charge in [0.05, 0.1) is 30.6 Å². The van der Waals surface area contributed by atoms with Crippen molar-refractivity contribution in [2.45, 2.75) is 133 Å². The van der Waals surface area contributed by atoms with Gasteiger partial charge >= 0.3 is 12.1 Å². The molecule has 1 aromatic rings. The summed E-state index contributed by atoms with van der Waals surface area (Å²) < 4.78 is 29.4. The van der Waals surface area contributed by atoms with E-state index in [1.807, 2.05) is 13.0 Å². The third-order valence-corrected chi connectivity index (χ3v) is 15.6. The number of methoxy groups -OCH3 is 2. The molecule has 4 fully saturated rings. The number of nitrogens with one attached hydrogen (secondary N) is 1. The Kier molecular flexibility index (Phi) is 16.4. The van der Waals surface area contributed by atoms with E-state index in [2.05, 4.69) is 5.32 Å². The number of ether oxygens (including phenoxy) is 5. The van der Waals surface area contributed by atoms with E-state index in [9.17, 15) is 38.7 Å². The number of benzene rings is 1. The highest BCUT2D eigenvalue weighted by Gasteiger charge is 2.64. The predicted octanol–water partition coefficient (Wildman–Crippen LogP) is 4.06. The van der Waals surface area contributed by atoms with Crippen LogP contribution in [0.4, 0.5) is 10.5 Å². The summed E-state index contributed by atoms with van der Waals surface area (Å²) in [6, 6.07) is 2.42. The Hall–Kier alpha value is -4.69. The van der Waals surface area contributed by atoms with E-state index >= 15 is 0 Å². The summed E-state index contributed by atoms with van der Waals surface area (Å²) in [5, 5.41) is 13.9. The molecule has 4 aliphatic heterocycles. The molecule has 0 aromatic heterocycles. The van der Waals surface area contributed by atoms with E-state index in [1.54, 1.807) is 45.2 Å². The van der Waals surface area contributed by atoms with E-state index in [4.69, 9.17) is 41.0 Å². The van der Waals surface area contributed by atoms with Crippen molar-refractivity contribution in [2.75, 3.05) is 45.5 Å². The first-order valence-corrected chi connectivity index (χ1v) is 24.1. The normalized spacial score (nSPS) is 33.1. The SMILES string of the molecule is COc1cc2cc(c1Cl)N(C)C(=O)C[C@H](OC(=O)[C@H](C)N(C)C(=O)CCSC1CC(=O)N(CC3CCC(C(N)=O)CC3)C1=O)[C@@]1(C)O[C@H]1[C@H](C)[C@@H]1C[C@@](O)(NC(=O)O1)[C@H](OC)/C=C\C=C(\C)C2.